The van der Waals surface area contributed by atoms with Crippen molar-refractivity contribution in [1.29, 1.82) is 0 Å². The number of H-pyrrole nitrogens is 1. The molecule has 0 saturated carbocycles. The summed E-state index contributed by atoms with van der Waals surface area (Å²) in [7, 11) is 3.23. The van der Waals surface area contributed by atoms with Gasteiger partial charge in [0.1, 0.15) is 5.35 Å². The SMILES string of the molecule is C=[n+]1[nH]c(=C2C=C(C(=O)N(C)C)C=CC2)cc1C(F)(F)F. The topological polar surface area (TPSA) is 42.0 Å². The van der Waals surface area contributed by atoms with E-state index in [2.05, 4.69) is 11.8 Å². The normalized spacial score (nSPS) is 17.7. The second-order valence-electron chi connectivity index (χ2n) is 4.91. The second-order valence-corrected chi connectivity index (χ2v) is 4.91. The van der Waals surface area contributed by atoms with E-state index in [1.165, 1.54) is 4.90 Å². The number of nitrogens with zero attached hydrogens (tertiary/aromatic N) is 2. The van der Waals surface area contributed by atoms with Gasteiger partial charge in [0.2, 0.25) is 0 Å². The molecule has 0 atom stereocenters. The van der Waals surface area contributed by atoms with E-state index < -0.39 is 11.9 Å². The van der Waals surface area contributed by atoms with E-state index in [0.717, 1.165) is 6.07 Å². The lowest BCUT2D eigenvalue weighted by Crippen LogP contribution is -2.28. The van der Waals surface area contributed by atoms with E-state index >= 15 is 0 Å². The van der Waals surface area contributed by atoms with Crippen LogP contribution < -0.4 is 9.71 Å². The third kappa shape index (κ3) is 3.07. The monoisotopic (exact) mass is 298 g/mol. The molecule has 1 N–H and O–H groups in total. The van der Waals surface area contributed by atoms with Crippen LogP contribution in [0.2, 0.25) is 0 Å². The highest BCUT2D eigenvalue weighted by Gasteiger charge is 2.40. The van der Waals surface area contributed by atoms with Gasteiger partial charge in [-0.3, -0.25) is 4.79 Å². The fraction of sp³-hybridized carbons (Fsp3) is 0.286. The summed E-state index contributed by atoms with van der Waals surface area (Å²) < 4.78 is 39.0. The summed E-state index contributed by atoms with van der Waals surface area (Å²) in [6.45, 7) is 3.30. The Hall–Kier alpha value is -2.31. The first kappa shape index (κ1) is 15.1. The molecule has 1 aliphatic rings. The molecule has 21 heavy (non-hydrogen) atoms. The minimum atomic E-state index is -4.48. The van der Waals surface area contributed by atoms with Gasteiger partial charge >= 0.3 is 11.9 Å². The van der Waals surface area contributed by atoms with Crippen LogP contribution in [0.3, 0.4) is 0 Å². The van der Waals surface area contributed by atoms with Crippen molar-refractivity contribution in [3.8, 4) is 0 Å². The molecular weight excluding hydrogens is 283 g/mol. The van der Waals surface area contributed by atoms with Crippen molar-refractivity contribution < 1.29 is 22.3 Å². The molecule has 1 aromatic heterocycles. The molecule has 0 bridgehead atoms. The van der Waals surface area contributed by atoms with Crippen molar-refractivity contribution in [2.45, 2.75) is 12.6 Å². The quantitative estimate of drug-likeness (QED) is 0.775. The summed E-state index contributed by atoms with van der Waals surface area (Å²) in [5.41, 5.74) is 0.170. The van der Waals surface area contributed by atoms with Crippen molar-refractivity contribution in [3.05, 3.63) is 47.6 Å². The molecule has 0 saturated heterocycles. The zero-order valence-electron chi connectivity index (χ0n) is 11.7. The Bertz CT molecular complexity index is 738. The number of likely N-dealkylation sites (N-methyl/N-ethyl adjacent to an activating group) is 1. The third-order valence-corrected chi connectivity index (χ3v) is 3.08. The van der Waals surface area contributed by atoms with Crippen LogP contribution in [-0.4, -0.2) is 30.0 Å². The molecule has 4 nitrogen and oxygen atoms in total. The van der Waals surface area contributed by atoms with E-state index in [-0.39, 0.29) is 5.91 Å². The summed E-state index contributed by atoms with van der Waals surface area (Å²) >= 11 is 0. The number of amides is 1. The maximum absolute atomic E-state index is 12.8. The zero-order valence-corrected chi connectivity index (χ0v) is 11.7. The lowest BCUT2D eigenvalue weighted by atomic mass is 10.0. The number of halogens is 3. The number of hydrogen-bond donors (Lipinski definition) is 1. The highest BCUT2D eigenvalue weighted by molar-refractivity contribution is 5.98. The van der Waals surface area contributed by atoms with Crippen LogP contribution in [-0.2, 0) is 11.0 Å². The maximum Gasteiger partial charge on any atom is 0.480 e. The van der Waals surface area contributed by atoms with Gasteiger partial charge in [0.05, 0.1) is 0 Å². The van der Waals surface area contributed by atoms with Crippen LogP contribution in [0.5, 0.6) is 0 Å². The van der Waals surface area contributed by atoms with Gasteiger partial charge in [-0.25, -0.2) is 0 Å². The highest BCUT2D eigenvalue weighted by atomic mass is 19.4. The number of carbonyl (C=O) groups excluding carboxylic acids is 1. The maximum atomic E-state index is 12.8. The fourth-order valence-electron chi connectivity index (χ4n) is 2.04. The lowest BCUT2D eigenvalue weighted by Gasteiger charge is -2.13. The lowest BCUT2D eigenvalue weighted by molar-refractivity contribution is -0.588. The molecule has 2 rings (SSSR count). The predicted molar refractivity (Wildman–Crippen MR) is 70.3 cm³/mol. The van der Waals surface area contributed by atoms with Gasteiger partial charge in [0.25, 0.3) is 5.91 Å². The molecule has 0 radical (unpaired) electrons. The molecule has 7 heteroatoms. The van der Waals surface area contributed by atoms with E-state index in [4.69, 9.17) is 0 Å². The molecule has 0 aromatic carbocycles. The summed E-state index contributed by atoms with van der Waals surface area (Å²) in [4.78, 5) is 13.3. The van der Waals surface area contributed by atoms with Gasteiger partial charge in [0.15, 0.2) is 6.72 Å². The van der Waals surface area contributed by atoms with Crippen molar-refractivity contribution in [2.24, 2.45) is 0 Å². The Morgan fingerprint density at radius 3 is 2.62 bits per heavy atom. The summed E-state index contributed by atoms with van der Waals surface area (Å²) in [6, 6.07) is 0.996. The first-order chi connectivity index (χ1) is 9.70. The summed E-state index contributed by atoms with van der Waals surface area (Å²) in [6.07, 6.45) is 0.967. The number of carbonyl (C=O) groups is 1. The van der Waals surface area contributed by atoms with Crippen LogP contribution in [0, 0.1) is 6.72 Å². The predicted octanol–water partition coefficient (Wildman–Crippen LogP) is 1.09. The molecule has 112 valence electrons. The number of allylic oxidation sites excluding steroid dienone is 2. The smallest absolute Gasteiger partial charge is 0.345 e. The molecule has 0 aliphatic heterocycles. The van der Waals surface area contributed by atoms with Crippen LogP contribution in [0.25, 0.3) is 5.57 Å². The summed E-state index contributed by atoms with van der Waals surface area (Å²) in [5.74, 6) is -0.200. The minimum Gasteiger partial charge on any atom is -0.345 e. The standard InChI is InChI=1S/C14H14F3N3O/c1-19(2)13(21)10-6-4-5-9(7-10)11-8-12(14(15,16)17)20(3)18-11/h4,6-8H,3,5H2,1-2H3/p+1. The number of hydrogen-bond acceptors (Lipinski definition) is 1. The van der Waals surface area contributed by atoms with E-state index in [0.29, 0.717) is 27.3 Å². The Morgan fingerprint density at radius 2 is 2.10 bits per heavy atom. The van der Waals surface area contributed by atoms with Gasteiger partial charge in [-0.05, 0) is 18.1 Å². The van der Waals surface area contributed by atoms with Crippen LogP contribution in [0.4, 0.5) is 13.2 Å². The molecule has 1 amide bonds. The van der Waals surface area contributed by atoms with E-state index in [1.807, 2.05) is 0 Å². The molecule has 1 aromatic rings. The first-order valence-electron chi connectivity index (χ1n) is 6.19. The van der Waals surface area contributed by atoms with Gasteiger partial charge in [-0.1, -0.05) is 16.5 Å². The number of nitrogens with one attached hydrogen (secondary N) is 1. The minimum absolute atomic E-state index is 0.200. The summed E-state index contributed by atoms with van der Waals surface area (Å²) in [5, 5.41) is 2.85. The highest BCUT2D eigenvalue weighted by Crippen LogP contribution is 2.25. The Morgan fingerprint density at radius 1 is 1.43 bits per heavy atom. The van der Waals surface area contributed by atoms with Gasteiger partial charge in [-0.15, -0.1) is 0 Å². The Kier molecular flexibility index (Phi) is 3.76. The third-order valence-electron chi connectivity index (χ3n) is 3.08. The van der Waals surface area contributed by atoms with Crippen molar-refractivity contribution in [2.75, 3.05) is 14.1 Å². The second kappa shape index (κ2) is 5.23. The average molecular weight is 298 g/mol. The molecule has 0 spiro atoms. The van der Waals surface area contributed by atoms with Crippen molar-refractivity contribution in [1.82, 2.24) is 10.00 Å². The van der Waals surface area contributed by atoms with Crippen LogP contribution >= 0.6 is 0 Å². The largest absolute Gasteiger partial charge is 0.480 e. The first-order valence-corrected chi connectivity index (χ1v) is 6.19. The molecule has 1 heterocycles. The van der Waals surface area contributed by atoms with Gasteiger partial charge in [-0.2, -0.15) is 18.3 Å². The molecule has 0 fully saturated rings. The average Bonchev–Trinajstić information content (AvgIpc) is 2.80. The van der Waals surface area contributed by atoms with Gasteiger partial charge < -0.3 is 4.90 Å². The molecular formula is C14H15F3N3O+. The van der Waals surface area contributed by atoms with Crippen LogP contribution in [0.1, 0.15) is 12.1 Å². The number of rotatable bonds is 1. The Balaban J connectivity index is 2.54. The van der Waals surface area contributed by atoms with E-state index in [1.54, 1.807) is 32.3 Å². The van der Waals surface area contributed by atoms with E-state index in [9.17, 15) is 18.0 Å². The molecule has 1 aliphatic carbocycles. The molecule has 0 unspecified atom stereocenters. The number of alkyl halides is 3. The van der Waals surface area contributed by atoms with Crippen LogP contribution in [0.15, 0.2) is 29.9 Å². The fourth-order valence-corrected chi connectivity index (χ4v) is 2.04. The number of aromatic amines is 1. The zero-order chi connectivity index (χ0) is 15.8. The Labute approximate surface area is 119 Å². The van der Waals surface area contributed by atoms with Crippen molar-refractivity contribution >= 4 is 11.5 Å². The van der Waals surface area contributed by atoms with Crippen molar-refractivity contribution in [3.63, 3.8) is 0 Å². The number of aromatic nitrogens is 2. The van der Waals surface area contributed by atoms with Gasteiger partial charge in [0, 0.05) is 25.7 Å².